The topological polar surface area (TPSA) is 74.5 Å². The summed E-state index contributed by atoms with van der Waals surface area (Å²) in [6.07, 6.45) is 7.77. The van der Waals surface area contributed by atoms with Crippen molar-refractivity contribution in [3.63, 3.8) is 0 Å². The summed E-state index contributed by atoms with van der Waals surface area (Å²) >= 11 is 0. The highest BCUT2D eigenvalue weighted by atomic mass is 16.3. The van der Waals surface area contributed by atoms with Crippen molar-refractivity contribution >= 4 is 16.9 Å². The molecule has 0 unspecified atom stereocenters. The van der Waals surface area contributed by atoms with E-state index < -0.39 is 12.1 Å². The first-order valence-electron chi connectivity index (χ1n) is 9.89. The Hall–Kier alpha value is -1.85. The summed E-state index contributed by atoms with van der Waals surface area (Å²) in [6.45, 7) is 1.15. The number of rotatable bonds is 5. The molecule has 1 saturated carbocycles. The number of fused-ring (bicyclic) bond motifs is 1. The largest absolute Gasteiger partial charge is 0.461 e. The third-order valence-electron chi connectivity index (χ3n) is 5.78. The first-order valence-corrected chi connectivity index (χ1v) is 9.89. The fraction of sp³-hybridized carbons (Fsp3) is 0.571. The minimum Gasteiger partial charge on any atom is -0.461 e. The molecule has 1 aliphatic carbocycles. The number of amides is 1. The van der Waals surface area contributed by atoms with Crippen LogP contribution in [0.3, 0.4) is 0 Å². The molecule has 2 fully saturated rings. The molecule has 1 aliphatic heterocycles. The summed E-state index contributed by atoms with van der Waals surface area (Å²) in [5.41, 5.74) is 1.96. The second-order valence-corrected chi connectivity index (χ2v) is 7.80. The number of nitrogens with one attached hydrogen (secondary N) is 2. The standard InChI is InChI=1S/C21H28N2O3/c24-18-8-9-22-20(18)21(25)23-13-15-6-7-19-16(10-15)12-17(26-19)11-14-4-2-1-3-5-14/h6-7,10,12,14,18,20,22,24H,1-5,8-9,11,13H2,(H,23,25)/t18-,20-/m0/s1. The van der Waals surface area contributed by atoms with E-state index in [0.717, 1.165) is 34.6 Å². The van der Waals surface area contributed by atoms with Gasteiger partial charge in [0.1, 0.15) is 17.4 Å². The predicted molar refractivity (Wildman–Crippen MR) is 101 cm³/mol. The van der Waals surface area contributed by atoms with E-state index in [1.807, 2.05) is 12.1 Å². The molecule has 140 valence electrons. The van der Waals surface area contributed by atoms with E-state index in [2.05, 4.69) is 22.8 Å². The Labute approximate surface area is 154 Å². The number of carbonyl (C=O) groups excluding carboxylic acids is 1. The number of benzene rings is 1. The molecule has 3 N–H and O–H groups in total. The SMILES string of the molecule is O=C(NCc1ccc2oc(CC3CCCCC3)cc2c1)[C@H]1NCC[C@@H]1O. The number of hydrogen-bond donors (Lipinski definition) is 3. The van der Waals surface area contributed by atoms with Gasteiger partial charge in [-0.1, -0.05) is 38.2 Å². The van der Waals surface area contributed by atoms with Crippen LogP contribution in [0, 0.1) is 5.92 Å². The molecule has 0 bridgehead atoms. The number of furan rings is 1. The minimum absolute atomic E-state index is 0.139. The van der Waals surface area contributed by atoms with Crippen LogP contribution in [0.5, 0.6) is 0 Å². The average molecular weight is 356 g/mol. The Balaban J connectivity index is 1.38. The number of carbonyl (C=O) groups is 1. The van der Waals surface area contributed by atoms with E-state index in [9.17, 15) is 9.90 Å². The van der Waals surface area contributed by atoms with Crippen LogP contribution in [0.25, 0.3) is 11.0 Å². The van der Waals surface area contributed by atoms with Gasteiger partial charge < -0.3 is 20.2 Å². The van der Waals surface area contributed by atoms with Gasteiger partial charge >= 0.3 is 0 Å². The number of hydrogen-bond acceptors (Lipinski definition) is 4. The average Bonchev–Trinajstić information content (AvgIpc) is 3.25. The lowest BCUT2D eigenvalue weighted by molar-refractivity contribution is -0.124. The molecule has 1 amide bonds. The summed E-state index contributed by atoms with van der Waals surface area (Å²) in [4.78, 5) is 12.2. The number of aliphatic hydroxyl groups is 1. The molecule has 1 saturated heterocycles. The maximum Gasteiger partial charge on any atom is 0.240 e. The van der Waals surface area contributed by atoms with Gasteiger partial charge in [-0.2, -0.15) is 0 Å². The van der Waals surface area contributed by atoms with Crippen molar-refractivity contribution < 1.29 is 14.3 Å². The minimum atomic E-state index is -0.589. The van der Waals surface area contributed by atoms with E-state index in [-0.39, 0.29) is 5.91 Å². The van der Waals surface area contributed by atoms with Gasteiger partial charge in [0.05, 0.1) is 6.10 Å². The number of aliphatic hydroxyl groups excluding tert-OH is 1. The van der Waals surface area contributed by atoms with Crippen LogP contribution in [0.1, 0.15) is 49.8 Å². The second-order valence-electron chi connectivity index (χ2n) is 7.80. The van der Waals surface area contributed by atoms with Crippen LogP contribution >= 0.6 is 0 Å². The Morgan fingerprint density at radius 2 is 2.04 bits per heavy atom. The fourth-order valence-electron chi connectivity index (χ4n) is 4.29. The van der Waals surface area contributed by atoms with Gasteiger partial charge in [-0.15, -0.1) is 0 Å². The lowest BCUT2D eigenvalue weighted by atomic mass is 9.86. The van der Waals surface area contributed by atoms with Crippen molar-refractivity contribution in [1.82, 2.24) is 10.6 Å². The zero-order chi connectivity index (χ0) is 17.9. The molecular formula is C21H28N2O3. The molecule has 2 atom stereocenters. The summed E-state index contributed by atoms with van der Waals surface area (Å²) in [7, 11) is 0. The van der Waals surface area contributed by atoms with Gasteiger partial charge in [0.25, 0.3) is 0 Å². The van der Waals surface area contributed by atoms with Crippen molar-refractivity contribution in [3.05, 3.63) is 35.6 Å². The van der Waals surface area contributed by atoms with Gasteiger partial charge in [-0.05, 0) is 42.6 Å². The zero-order valence-electron chi connectivity index (χ0n) is 15.2. The third-order valence-corrected chi connectivity index (χ3v) is 5.78. The first-order chi connectivity index (χ1) is 12.7. The van der Waals surface area contributed by atoms with Crippen LogP contribution in [0.15, 0.2) is 28.7 Å². The van der Waals surface area contributed by atoms with Gasteiger partial charge in [0, 0.05) is 18.4 Å². The van der Waals surface area contributed by atoms with Gasteiger partial charge in [-0.3, -0.25) is 4.79 Å². The van der Waals surface area contributed by atoms with Crippen LogP contribution in [-0.4, -0.2) is 29.7 Å². The normalized spacial score (nSPS) is 24.2. The van der Waals surface area contributed by atoms with Crippen molar-refractivity contribution in [2.24, 2.45) is 5.92 Å². The van der Waals surface area contributed by atoms with Gasteiger partial charge in [0.2, 0.25) is 5.91 Å². The van der Waals surface area contributed by atoms with Crippen LogP contribution in [-0.2, 0) is 17.8 Å². The van der Waals surface area contributed by atoms with Crippen molar-refractivity contribution in [2.45, 2.75) is 63.6 Å². The molecule has 1 aromatic heterocycles. The monoisotopic (exact) mass is 356 g/mol. The smallest absolute Gasteiger partial charge is 0.240 e. The van der Waals surface area contributed by atoms with E-state index in [0.29, 0.717) is 19.5 Å². The summed E-state index contributed by atoms with van der Waals surface area (Å²) < 4.78 is 6.02. The molecule has 2 aromatic rings. The van der Waals surface area contributed by atoms with E-state index in [4.69, 9.17) is 4.42 Å². The van der Waals surface area contributed by atoms with Crippen LogP contribution in [0.2, 0.25) is 0 Å². The summed E-state index contributed by atoms with van der Waals surface area (Å²) in [6, 6.07) is 7.73. The Morgan fingerprint density at radius 1 is 1.19 bits per heavy atom. The highest BCUT2D eigenvalue weighted by Gasteiger charge is 2.30. The van der Waals surface area contributed by atoms with Crippen molar-refractivity contribution in [3.8, 4) is 0 Å². The second kappa shape index (κ2) is 7.80. The Morgan fingerprint density at radius 3 is 2.81 bits per heavy atom. The Kier molecular flexibility index (Phi) is 5.27. The molecule has 2 aliphatic rings. The molecule has 0 radical (unpaired) electrons. The van der Waals surface area contributed by atoms with Crippen LogP contribution < -0.4 is 10.6 Å². The summed E-state index contributed by atoms with van der Waals surface area (Å²) in [5.74, 6) is 1.69. The van der Waals surface area contributed by atoms with E-state index in [1.54, 1.807) is 0 Å². The Bertz CT molecular complexity index is 764. The highest BCUT2D eigenvalue weighted by molar-refractivity contribution is 5.83. The van der Waals surface area contributed by atoms with E-state index in [1.165, 1.54) is 32.1 Å². The maximum absolute atomic E-state index is 12.2. The quantitative estimate of drug-likeness (QED) is 0.770. The van der Waals surface area contributed by atoms with Gasteiger partial charge in [-0.25, -0.2) is 0 Å². The maximum atomic E-state index is 12.2. The molecule has 26 heavy (non-hydrogen) atoms. The zero-order valence-corrected chi connectivity index (χ0v) is 15.2. The molecule has 4 rings (SSSR count). The van der Waals surface area contributed by atoms with E-state index >= 15 is 0 Å². The first kappa shape index (κ1) is 17.6. The molecule has 0 spiro atoms. The fourth-order valence-corrected chi connectivity index (χ4v) is 4.29. The molecule has 1 aromatic carbocycles. The lowest BCUT2D eigenvalue weighted by Crippen LogP contribution is -2.45. The molecule has 2 heterocycles. The van der Waals surface area contributed by atoms with Gasteiger partial charge in [0.15, 0.2) is 0 Å². The third kappa shape index (κ3) is 3.94. The highest BCUT2D eigenvalue weighted by Crippen LogP contribution is 2.29. The molecule has 5 nitrogen and oxygen atoms in total. The van der Waals surface area contributed by atoms with Crippen molar-refractivity contribution in [1.29, 1.82) is 0 Å². The van der Waals surface area contributed by atoms with Crippen LogP contribution in [0.4, 0.5) is 0 Å². The predicted octanol–water partition coefficient (Wildman–Crippen LogP) is 2.89. The summed E-state index contributed by atoms with van der Waals surface area (Å²) in [5, 5.41) is 16.9. The lowest BCUT2D eigenvalue weighted by Gasteiger charge is -2.20. The molecular weight excluding hydrogens is 328 g/mol. The van der Waals surface area contributed by atoms with Crippen molar-refractivity contribution in [2.75, 3.05) is 6.54 Å². The molecule has 5 heteroatoms.